The Morgan fingerprint density at radius 3 is 1.21 bits per heavy atom. The highest BCUT2D eigenvalue weighted by Gasteiger charge is 2.46. The zero-order valence-electron chi connectivity index (χ0n) is 81.8. The van der Waals surface area contributed by atoms with Crippen molar-refractivity contribution in [3.05, 3.63) is 337 Å². The summed E-state index contributed by atoms with van der Waals surface area (Å²) in [5.74, 6) is -1.22. The second-order valence-corrected chi connectivity index (χ2v) is 33.2. The molecular formula is C103H88BN7. The summed E-state index contributed by atoms with van der Waals surface area (Å²) in [6.07, 6.45) is 0. The summed E-state index contributed by atoms with van der Waals surface area (Å²) in [5, 5.41) is 1.92. The molecule has 0 unspecified atom stereocenters. The fourth-order valence-corrected chi connectivity index (χ4v) is 16.2. The molecule has 8 heteroatoms. The number of fused-ring (bicyclic) bond motifs is 10. The predicted molar refractivity (Wildman–Crippen MR) is 470 cm³/mol. The fourth-order valence-electron chi connectivity index (χ4n) is 16.2. The van der Waals surface area contributed by atoms with E-state index in [2.05, 4.69) is 192 Å². The average Bonchev–Trinajstić information content (AvgIpc) is 1.67. The van der Waals surface area contributed by atoms with Gasteiger partial charge in [0.2, 0.25) is 0 Å². The molecule has 2 aliphatic heterocycles. The Hall–Kier alpha value is -12.6. The highest BCUT2D eigenvalue weighted by molar-refractivity contribution is 7.00. The van der Waals surface area contributed by atoms with Crippen molar-refractivity contribution in [3.63, 3.8) is 0 Å². The van der Waals surface area contributed by atoms with Crippen LogP contribution in [0.2, 0.25) is 0 Å². The quantitative estimate of drug-likeness (QED) is 0.128. The normalized spacial score (nSPS) is 15.3. The second-order valence-electron chi connectivity index (χ2n) is 33.2. The van der Waals surface area contributed by atoms with Gasteiger partial charge in [0.15, 0.2) is 17.5 Å². The van der Waals surface area contributed by atoms with Gasteiger partial charge in [0.05, 0.1) is 58.1 Å². The average molecular weight is 1450 g/mol. The van der Waals surface area contributed by atoms with Crippen LogP contribution in [0.3, 0.4) is 0 Å². The third-order valence-electron chi connectivity index (χ3n) is 22.0. The molecule has 538 valence electrons. The molecule has 0 N–H and O–H groups in total. The van der Waals surface area contributed by atoms with E-state index in [-0.39, 0.29) is 49.7 Å². The Balaban J connectivity index is 1.02. The lowest BCUT2D eigenvalue weighted by Gasteiger charge is -2.46. The minimum atomic E-state index is -0.760. The van der Waals surface area contributed by atoms with Crippen LogP contribution >= 0.6 is 0 Å². The van der Waals surface area contributed by atoms with Crippen molar-refractivity contribution in [1.29, 1.82) is 0 Å². The van der Waals surface area contributed by atoms with Crippen molar-refractivity contribution in [1.82, 2.24) is 24.1 Å². The van der Waals surface area contributed by atoms with Gasteiger partial charge in [-0.3, -0.25) is 0 Å². The van der Waals surface area contributed by atoms with E-state index in [9.17, 15) is 16.4 Å². The Kier molecular flexibility index (Phi) is 12.1. The van der Waals surface area contributed by atoms with Gasteiger partial charge in [-0.2, -0.15) is 0 Å². The zero-order chi connectivity index (χ0) is 91.6. The maximum absolute atomic E-state index is 9.98. The summed E-state index contributed by atoms with van der Waals surface area (Å²) in [6, 6.07) is 59.7. The van der Waals surface area contributed by atoms with Crippen molar-refractivity contribution in [3.8, 4) is 78.9 Å². The predicted octanol–water partition coefficient (Wildman–Crippen LogP) is 25.3. The Bertz CT molecular complexity index is 7420. The summed E-state index contributed by atoms with van der Waals surface area (Å²) < 4.78 is 173. The first kappa shape index (κ1) is 51.6. The largest absolute Gasteiger partial charge is 0.311 e. The van der Waals surface area contributed by atoms with Crippen LogP contribution in [0.5, 0.6) is 0 Å². The fraction of sp³-hybridized carbons (Fsp3) is 0.155. The number of para-hydroxylation sites is 2. The molecule has 19 rings (SSSR count). The van der Waals surface area contributed by atoms with Crippen molar-refractivity contribution in [2.75, 3.05) is 9.80 Å². The first-order valence-electron chi connectivity index (χ1n) is 46.6. The van der Waals surface area contributed by atoms with E-state index < -0.39 is 149 Å². The molecule has 7 nitrogen and oxygen atoms in total. The lowest BCUT2D eigenvalue weighted by atomic mass is 9.33. The van der Waals surface area contributed by atoms with Crippen molar-refractivity contribution >= 4 is 101 Å². The highest BCUT2D eigenvalue weighted by Crippen LogP contribution is 2.54. The van der Waals surface area contributed by atoms with Gasteiger partial charge in [0.25, 0.3) is 6.71 Å². The molecule has 5 heterocycles. The van der Waals surface area contributed by atoms with Crippen LogP contribution in [0.25, 0.3) is 123 Å². The number of anilines is 6. The molecule has 0 fully saturated rings. The van der Waals surface area contributed by atoms with Crippen molar-refractivity contribution in [2.45, 2.75) is 105 Å². The van der Waals surface area contributed by atoms with E-state index in [1.54, 1.807) is 0 Å². The lowest BCUT2D eigenvalue weighted by Crippen LogP contribution is -2.61. The molecule has 111 heavy (non-hydrogen) atoms. The first-order valence-corrected chi connectivity index (χ1v) is 37.6. The van der Waals surface area contributed by atoms with Gasteiger partial charge >= 0.3 is 0 Å². The third-order valence-corrected chi connectivity index (χ3v) is 22.0. The first-order chi connectivity index (χ1) is 61.0. The molecular weight excluding hydrogens is 1350 g/mol. The van der Waals surface area contributed by atoms with E-state index in [1.165, 1.54) is 15.7 Å². The van der Waals surface area contributed by atoms with E-state index in [0.717, 1.165) is 83.3 Å². The van der Waals surface area contributed by atoms with Crippen molar-refractivity contribution in [2.24, 2.45) is 0 Å². The molecule has 0 saturated carbocycles. The van der Waals surface area contributed by atoms with Gasteiger partial charge in [-0.15, -0.1) is 0 Å². The van der Waals surface area contributed by atoms with Gasteiger partial charge in [-0.25, -0.2) is 15.0 Å². The summed E-state index contributed by atoms with van der Waals surface area (Å²) in [7, 11) is 0. The molecule has 0 saturated heterocycles. The third kappa shape index (κ3) is 11.8. The summed E-state index contributed by atoms with van der Waals surface area (Å²) in [4.78, 5) is 20.0. The van der Waals surface area contributed by atoms with Gasteiger partial charge in [-0.05, 0) is 180 Å². The van der Waals surface area contributed by atoms with Crippen LogP contribution in [0.1, 0.15) is 130 Å². The molecule has 14 aromatic carbocycles. The number of hydrogen-bond donors (Lipinski definition) is 0. The molecule has 0 radical (unpaired) electrons. The summed E-state index contributed by atoms with van der Waals surface area (Å²) in [6.45, 7) is 25.2. The zero-order valence-corrected chi connectivity index (χ0v) is 63.8. The molecule has 3 aromatic heterocycles. The van der Waals surface area contributed by atoms with Crippen LogP contribution in [-0.2, 0) is 21.7 Å². The van der Waals surface area contributed by atoms with Gasteiger partial charge in [-0.1, -0.05) is 301 Å². The minimum absolute atomic E-state index is 0.123. The van der Waals surface area contributed by atoms with E-state index in [0.29, 0.717) is 39.2 Å². The molecule has 0 spiro atoms. The molecule has 17 aromatic rings. The Morgan fingerprint density at radius 2 is 0.703 bits per heavy atom. The smallest absolute Gasteiger partial charge is 0.252 e. The van der Waals surface area contributed by atoms with E-state index >= 15 is 0 Å². The SMILES string of the molecule is [2H]c1c([2H])c([2H])c(-c2nc(-c3cc(C(C)(C)C)cc(-c4ccccc4)c3N3c4cc(-n5c6c([2H])c([2H])c([2H])c([2H])c6c6c([2H])c([2H])c([2H])c([2H])c65)ccc4B4c5ccc(-n6c7ccc(C(C)(C)C)cc7c7cc(C(C)(C)C)ccc76)cc5N(c5ccc(-c6ccccc6)cc5-c5ccccc5)c5cc(C(C)(C)C)cc3c54)nc(-c3c([2H])c([2H])c([2H])c([2H])c3[2H])n2)c([2H])c1[2H]. The summed E-state index contributed by atoms with van der Waals surface area (Å²) >= 11 is 0. The Labute approximate surface area is 677 Å². The molecule has 0 atom stereocenters. The maximum atomic E-state index is 9.98. The van der Waals surface area contributed by atoms with Gasteiger partial charge in [0.1, 0.15) is 0 Å². The standard InChI is InChI=1S/C103H88BN7/c1-100(2,3)71-47-54-89-81(57-71)82-58-72(101(4,5)6)48-55-90(82)109(89)75-49-51-84-91(63-75)110(88-53-46-70(65-32-18-13-19-33-65)56-79(88)66-34-20-14-21-35-66)93-61-74(103(10,11)12)62-94-95(93)104(84)85-52-50-76(108-86-44-30-28-42-77(86)78-43-29-31-45-87(78)108)64-92(85)111(94)96-80(67-36-22-15-23-37-67)59-73(102(7,8)9)60-83(96)99-106-97(68-38-24-16-25-39-68)105-98(107-99)69-40-26-17-27-41-69/h13-64H,1-12H3/i16D,17D,24D,25D,26D,27D,28D,29D,30D,31D,38D,39D,40D,41D,42D,43D,44D,45D. The van der Waals surface area contributed by atoms with Crippen LogP contribution in [-0.4, -0.2) is 30.8 Å². The topological polar surface area (TPSA) is 55.0 Å². The number of rotatable bonds is 10. The minimum Gasteiger partial charge on any atom is -0.311 e. The second kappa shape index (κ2) is 26.0. The number of nitrogens with zero attached hydrogens (tertiary/aromatic N) is 7. The van der Waals surface area contributed by atoms with Crippen LogP contribution < -0.4 is 26.2 Å². The lowest BCUT2D eigenvalue weighted by molar-refractivity contribution is 0.590. The monoisotopic (exact) mass is 1450 g/mol. The Morgan fingerprint density at radius 1 is 0.279 bits per heavy atom. The number of benzene rings is 14. The van der Waals surface area contributed by atoms with E-state index in [4.69, 9.17) is 23.2 Å². The van der Waals surface area contributed by atoms with Gasteiger partial charge in [0, 0.05) is 83.5 Å². The van der Waals surface area contributed by atoms with Crippen molar-refractivity contribution < 1.29 is 24.7 Å². The maximum Gasteiger partial charge on any atom is 0.252 e. The molecule has 0 aliphatic carbocycles. The molecule has 2 aliphatic rings. The van der Waals surface area contributed by atoms with Crippen LogP contribution in [0, 0.1) is 0 Å². The number of aromatic nitrogens is 5. The van der Waals surface area contributed by atoms with E-state index in [1.807, 2.05) is 112 Å². The summed E-state index contributed by atoms with van der Waals surface area (Å²) in [5.41, 5.74) is 15.1. The molecule has 0 amide bonds. The van der Waals surface area contributed by atoms with Crippen LogP contribution in [0.15, 0.2) is 315 Å². The highest BCUT2D eigenvalue weighted by atomic mass is 15.2. The van der Waals surface area contributed by atoms with Crippen LogP contribution in [0.4, 0.5) is 34.1 Å². The molecule has 0 bridgehead atoms. The van der Waals surface area contributed by atoms with Gasteiger partial charge < -0.3 is 18.9 Å². The number of hydrogen-bond acceptors (Lipinski definition) is 5.